The third-order valence-electron chi connectivity index (χ3n) is 4.11. The first-order chi connectivity index (χ1) is 9.72. The molecule has 1 heterocycles. The highest BCUT2D eigenvalue weighted by Crippen LogP contribution is 2.33. The monoisotopic (exact) mass is 269 g/mol. The molecular weight excluding hydrogens is 246 g/mol. The predicted octanol–water partition coefficient (Wildman–Crippen LogP) is 3.71. The fraction of sp³-hybridized carbons (Fsp3) is 0.471. The first-order valence-electron chi connectivity index (χ1n) is 7.56. The lowest BCUT2D eigenvalue weighted by atomic mass is 10.1. The van der Waals surface area contributed by atoms with E-state index in [0.29, 0.717) is 12.1 Å². The largest absolute Gasteiger partial charge is 0.308 e. The van der Waals surface area contributed by atoms with Gasteiger partial charge >= 0.3 is 0 Å². The normalized spacial score (nSPS) is 17.9. The van der Waals surface area contributed by atoms with Gasteiger partial charge in [-0.3, -0.25) is 0 Å². The molecule has 0 amide bonds. The Kier molecular flexibility index (Phi) is 3.88. The summed E-state index contributed by atoms with van der Waals surface area (Å²) in [6, 6.07) is 9.72. The fourth-order valence-electron chi connectivity index (χ4n) is 2.79. The number of aromatic nitrogens is 2. The summed E-state index contributed by atoms with van der Waals surface area (Å²) in [5.41, 5.74) is 2.50. The van der Waals surface area contributed by atoms with Crippen molar-refractivity contribution in [3.05, 3.63) is 48.5 Å². The van der Waals surface area contributed by atoms with E-state index in [4.69, 9.17) is 0 Å². The Morgan fingerprint density at radius 3 is 2.60 bits per heavy atom. The summed E-state index contributed by atoms with van der Waals surface area (Å²) in [4.78, 5) is 4.08. The maximum atomic E-state index is 4.08. The third kappa shape index (κ3) is 3.28. The van der Waals surface area contributed by atoms with Crippen molar-refractivity contribution >= 4 is 0 Å². The Hall–Kier alpha value is -1.61. The molecule has 106 valence electrons. The van der Waals surface area contributed by atoms with Crippen LogP contribution in [0.2, 0.25) is 0 Å². The van der Waals surface area contributed by atoms with Gasteiger partial charge in [0.2, 0.25) is 0 Å². The number of nitrogens with one attached hydrogen (secondary N) is 1. The van der Waals surface area contributed by atoms with Crippen molar-refractivity contribution in [2.45, 2.75) is 45.2 Å². The Bertz CT molecular complexity index is 526. The molecule has 1 N–H and O–H groups in total. The topological polar surface area (TPSA) is 29.9 Å². The minimum Gasteiger partial charge on any atom is -0.308 e. The molecule has 1 aromatic carbocycles. The maximum Gasteiger partial charge on any atom is 0.0991 e. The summed E-state index contributed by atoms with van der Waals surface area (Å²) >= 11 is 0. The molecular formula is C17H23N3. The van der Waals surface area contributed by atoms with Crippen molar-refractivity contribution in [3.63, 3.8) is 0 Å². The van der Waals surface area contributed by atoms with Crippen molar-refractivity contribution in [1.29, 1.82) is 0 Å². The standard InChI is InChI=1S/C17H23N3/c1-13(11-15-3-4-15)19-14(2)16-5-7-17(8-6-16)20-10-9-18-12-20/h5-10,12-15,19H,3-4,11H2,1-2H3. The second kappa shape index (κ2) is 5.80. The van der Waals surface area contributed by atoms with Crippen LogP contribution in [0.1, 0.15) is 44.7 Å². The van der Waals surface area contributed by atoms with E-state index in [9.17, 15) is 0 Å². The number of benzene rings is 1. The average Bonchev–Trinajstić information content (AvgIpc) is 3.08. The van der Waals surface area contributed by atoms with E-state index in [1.54, 1.807) is 6.20 Å². The molecule has 2 atom stereocenters. The number of imidazole rings is 1. The molecule has 0 radical (unpaired) electrons. The molecule has 0 spiro atoms. The van der Waals surface area contributed by atoms with Crippen LogP contribution in [0, 0.1) is 5.92 Å². The fourth-order valence-corrected chi connectivity index (χ4v) is 2.79. The van der Waals surface area contributed by atoms with Crippen molar-refractivity contribution in [3.8, 4) is 5.69 Å². The molecule has 0 saturated heterocycles. The Morgan fingerprint density at radius 2 is 2.00 bits per heavy atom. The minimum atomic E-state index is 0.403. The molecule has 1 aliphatic carbocycles. The smallest absolute Gasteiger partial charge is 0.0991 e. The lowest BCUT2D eigenvalue weighted by Crippen LogP contribution is -2.29. The van der Waals surface area contributed by atoms with E-state index in [1.165, 1.54) is 24.8 Å². The molecule has 1 aromatic heterocycles. The van der Waals surface area contributed by atoms with E-state index >= 15 is 0 Å². The molecule has 0 bridgehead atoms. The maximum absolute atomic E-state index is 4.08. The Labute approximate surface area is 121 Å². The molecule has 1 aliphatic rings. The zero-order valence-electron chi connectivity index (χ0n) is 12.3. The summed E-state index contributed by atoms with van der Waals surface area (Å²) in [7, 11) is 0. The van der Waals surface area contributed by atoms with Crippen LogP contribution in [0.4, 0.5) is 0 Å². The van der Waals surface area contributed by atoms with Gasteiger partial charge in [0.25, 0.3) is 0 Å². The molecule has 1 saturated carbocycles. The van der Waals surface area contributed by atoms with Gasteiger partial charge < -0.3 is 9.88 Å². The van der Waals surface area contributed by atoms with E-state index in [0.717, 1.165) is 11.6 Å². The molecule has 3 heteroatoms. The molecule has 0 aliphatic heterocycles. The molecule has 20 heavy (non-hydrogen) atoms. The zero-order chi connectivity index (χ0) is 13.9. The summed E-state index contributed by atoms with van der Waals surface area (Å²) in [6.07, 6.45) is 9.78. The lowest BCUT2D eigenvalue weighted by Gasteiger charge is -2.20. The van der Waals surface area contributed by atoms with Crippen LogP contribution in [-0.4, -0.2) is 15.6 Å². The van der Waals surface area contributed by atoms with Gasteiger partial charge in [-0.15, -0.1) is 0 Å². The van der Waals surface area contributed by atoms with Crippen LogP contribution in [0.3, 0.4) is 0 Å². The van der Waals surface area contributed by atoms with Gasteiger partial charge in [-0.05, 0) is 43.9 Å². The van der Waals surface area contributed by atoms with Crippen molar-refractivity contribution in [2.24, 2.45) is 5.92 Å². The highest BCUT2D eigenvalue weighted by atomic mass is 15.0. The van der Waals surface area contributed by atoms with Crippen molar-refractivity contribution in [2.75, 3.05) is 0 Å². The second-order valence-corrected chi connectivity index (χ2v) is 6.03. The molecule has 2 aromatic rings. The number of hydrogen-bond acceptors (Lipinski definition) is 2. The van der Waals surface area contributed by atoms with Gasteiger partial charge in [0.05, 0.1) is 6.33 Å². The summed E-state index contributed by atoms with van der Waals surface area (Å²) in [5.74, 6) is 0.980. The van der Waals surface area contributed by atoms with Crippen LogP contribution < -0.4 is 5.32 Å². The van der Waals surface area contributed by atoms with Crippen LogP contribution in [0.15, 0.2) is 43.0 Å². The van der Waals surface area contributed by atoms with Gasteiger partial charge in [-0.25, -0.2) is 4.98 Å². The van der Waals surface area contributed by atoms with Crippen molar-refractivity contribution in [1.82, 2.24) is 14.9 Å². The number of nitrogens with zero attached hydrogens (tertiary/aromatic N) is 2. The highest BCUT2D eigenvalue weighted by Gasteiger charge is 2.24. The minimum absolute atomic E-state index is 0.403. The second-order valence-electron chi connectivity index (χ2n) is 6.03. The SMILES string of the molecule is CC(CC1CC1)NC(C)c1ccc(-n2ccnc2)cc1. The highest BCUT2D eigenvalue weighted by molar-refractivity contribution is 5.35. The molecule has 1 fully saturated rings. The zero-order valence-corrected chi connectivity index (χ0v) is 12.3. The first-order valence-corrected chi connectivity index (χ1v) is 7.56. The lowest BCUT2D eigenvalue weighted by molar-refractivity contribution is 0.438. The first kappa shape index (κ1) is 13.4. The third-order valence-corrected chi connectivity index (χ3v) is 4.11. The average molecular weight is 269 g/mol. The number of hydrogen-bond donors (Lipinski definition) is 1. The van der Waals surface area contributed by atoms with E-state index < -0.39 is 0 Å². The van der Waals surface area contributed by atoms with E-state index in [1.807, 2.05) is 17.1 Å². The van der Waals surface area contributed by atoms with Gasteiger partial charge in [0.1, 0.15) is 0 Å². The van der Waals surface area contributed by atoms with Gasteiger partial charge in [0, 0.05) is 30.2 Å². The van der Waals surface area contributed by atoms with Crippen LogP contribution in [0.5, 0.6) is 0 Å². The quantitative estimate of drug-likeness (QED) is 0.866. The van der Waals surface area contributed by atoms with Gasteiger partial charge in [0.15, 0.2) is 0 Å². The predicted molar refractivity (Wildman–Crippen MR) is 81.9 cm³/mol. The summed E-state index contributed by atoms with van der Waals surface area (Å²) in [5, 5.41) is 3.70. The summed E-state index contributed by atoms with van der Waals surface area (Å²) in [6.45, 7) is 4.55. The van der Waals surface area contributed by atoms with Crippen LogP contribution >= 0.6 is 0 Å². The summed E-state index contributed by atoms with van der Waals surface area (Å²) < 4.78 is 2.03. The van der Waals surface area contributed by atoms with Gasteiger partial charge in [-0.1, -0.05) is 25.0 Å². The van der Waals surface area contributed by atoms with Crippen LogP contribution in [-0.2, 0) is 0 Å². The van der Waals surface area contributed by atoms with Crippen LogP contribution in [0.25, 0.3) is 5.69 Å². The molecule has 2 unspecified atom stereocenters. The molecule has 3 nitrogen and oxygen atoms in total. The Balaban J connectivity index is 1.61. The van der Waals surface area contributed by atoms with Gasteiger partial charge in [-0.2, -0.15) is 0 Å². The molecule has 3 rings (SSSR count). The van der Waals surface area contributed by atoms with E-state index in [2.05, 4.69) is 48.4 Å². The Morgan fingerprint density at radius 1 is 1.25 bits per heavy atom. The van der Waals surface area contributed by atoms with E-state index in [-0.39, 0.29) is 0 Å². The number of rotatable bonds is 6. The van der Waals surface area contributed by atoms with Crippen molar-refractivity contribution < 1.29 is 0 Å².